The molecule has 0 saturated carbocycles. The highest BCUT2D eigenvalue weighted by atomic mass is 28.3. The molecule has 2 rings (SSSR count). The zero-order chi connectivity index (χ0) is 8.55. The predicted octanol–water partition coefficient (Wildman–Crippen LogP) is 2.97. The SMILES string of the molecule is C[Si](C)C1=CC2C=CC=CC2C1. The Hall–Kier alpha value is -0.563. The summed E-state index contributed by atoms with van der Waals surface area (Å²) in [5, 5.41) is 1.74. The van der Waals surface area contributed by atoms with Crippen LogP contribution in [0.3, 0.4) is 0 Å². The number of hydrogen-bond acceptors (Lipinski definition) is 0. The van der Waals surface area contributed by atoms with E-state index >= 15 is 0 Å². The minimum Gasteiger partial charge on any atom is -0.0858 e. The molecule has 0 spiro atoms. The summed E-state index contributed by atoms with van der Waals surface area (Å²) in [7, 11) is -0.176. The van der Waals surface area contributed by atoms with Crippen LogP contribution < -0.4 is 0 Å². The lowest BCUT2D eigenvalue weighted by atomic mass is 9.92. The summed E-state index contributed by atoms with van der Waals surface area (Å²) in [6, 6.07) is 0. The Bertz CT molecular complexity index is 258. The van der Waals surface area contributed by atoms with Crippen LogP contribution in [0, 0.1) is 11.8 Å². The summed E-state index contributed by atoms with van der Waals surface area (Å²) in [5.41, 5.74) is 0. The fourth-order valence-corrected chi connectivity index (χ4v) is 3.15. The first-order chi connectivity index (χ1) is 5.77. The Balaban J connectivity index is 2.16. The summed E-state index contributed by atoms with van der Waals surface area (Å²) in [4.78, 5) is 0. The third kappa shape index (κ3) is 1.33. The quantitative estimate of drug-likeness (QED) is 0.537. The Kier molecular flexibility index (Phi) is 2.05. The van der Waals surface area contributed by atoms with Gasteiger partial charge >= 0.3 is 0 Å². The zero-order valence-electron chi connectivity index (χ0n) is 7.75. The van der Waals surface area contributed by atoms with Gasteiger partial charge in [-0.25, -0.2) is 0 Å². The molecule has 1 radical (unpaired) electrons. The maximum atomic E-state index is 2.50. The van der Waals surface area contributed by atoms with E-state index in [1.807, 2.05) is 0 Å². The standard InChI is InChI=1S/C11H15Si/c1-12(2)11-7-9-5-3-4-6-10(9)8-11/h3-7,9-10H,8H2,1-2H3. The second kappa shape index (κ2) is 3.06. The molecule has 2 aliphatic rings. The first-order valence-corrected chi connectivity index (χ1v) is 7.13. The van der Waals surface area contributed by atoms with Crippen LogP contribution in [0.5, 0.6) is 0 Å². The predicted molar refractivity (Wildman–Crippen MR) is 55.4 cm³/mol. The average Bonchev–Trinajstić information content (AvgIpc) is 2.46. The van der Waals surface area contributed by atoms with Crippen molar-refractivity contribution < 1.29 is 0 Å². The van der Waals surface area contributed by atoms with Crippen molar-refractivity contribution in [2.45, 2.75) is 19.5 Å². The van der Waals surface area contributed by atoms with Crippen molar-refractivity contribution in [3.05, 3.63) is 35.6 Å². The molecule has 0 nitrogen and oxygen atoms in total. The van der Waals surface area contributed by atoms with Gasteiger partial charge in [0.25, 0.3) is 0 Å². The van der Waals surface area contributed by atoms with Crippen molar-refractivity contribution in [1.29, 1.82) is 0 Å². The highest BCUT2D eigenvalue weighted by Gasteiger charge is 2.25. The van der Waals surface area contributed by atoms with Gasteiger partial charge in [0.2, 0.25) is 0 Å². The van der Waals surface area contributed by atoms with Crippen molar-refractivity contribution in [2.75, 3.05) is 0 Å². The van der Waals surface area contributed by atoms with E-state index < -0.39 is 0 Å². The summed E-state index contributed by atoms with van der Waals surface area (Å²) in [5.74, 6) is 1.52. The van der Waals surface area contributed by atoms with Crippen LogP contribution in [0.25, 0.3) is 0 Å². The zero-order valence-corrected chi connectivity index (χ0v) is 8.75. The molecule has 1 heteroatoms. The van der Waals surface area contributed by atoms with Gasteiger partial charge in [-0.1, -0.05) is 48.7 Å². The van der Waals surface area contributed by atoms with Crippen LogP contribution in [0.2, 0.25) is 13.1 Å². The number of allylic oxidation sites excluding steroid dienone is 6. The minimum atomic E-state index is -0.176. The second-order valence-electron chi connectivity index (χ2n) is 3.91. The van der Waals surface area contributed by atoms with Crippen molar-refractivity contribution in [3.8, 4) is 0 Å². The van der Waals surface area contributed by atoms with Crippen molar-refractivity contribution >= 4 is 8.80 Å². The largest absolute Gasteiger partial charge is 0.0858 e. The van der Waals surface area contributed by atoms with E-state index in [2.05, 4.69) is 43.5 Å². The fraction of sp³-hybridized carbons (Fsp3) is 0.455. The number of rotatable bonds is 1. The molecule has 0 saturated heterocycles. The van der Waals surface area contributed by atoms with Crippen molar-refractivity contribution in [2.24, 2.45) is 11.8 Å². The summed E-state index contributed by atoms with van der Waals surface area (Å²) >= 11 is 0. The molecule has 0 aromatic carbocycles. The van der Waals surface area contributed by atoms with Crippen LogP contribution in [0.15, 0.2) is 35.6 Å². The molecule has 0 aromatic rings. The van der Waals surface area contributed by atoms with E-state index in [4.69, 9.17) is 0 Å². The van der Waals surface area contributed by atoms with E-state index in [1.54, 1.807) is 5.20 Å². The third-order valence-electron chi connectivity index (χ3n) is 2.79. The number of hydrogen-bond donors (Lipinski definition) is 0. The minimum absolute atomic E-state index is 0.176. The molecule has 0 aromatic heterocycles. The molecule has 63 valence electrons. The van der Waals surface area contributed by atoms with Crippen LogP contribution in [-0.4, -0.2) is 8.80 Å². The Morgan fingerprint density at radius 3 is 2.67 bits per heavy atom. The lowest BCUT2D eigenvalue weighted by molar-refractivity contribution is 0.594. The molecule has 0 bridgehead atoms. The first kappa shape index (κ1) is 8.05. The van der Waals surface area contributed by atoms with E-state index in [0.29, 0.717) is 0 Å². The fourth-order valence-electron chi connectivity index (χ4n) is 1.98. The number of fused-ring (bicyclic) bond motifs is 1. The Morgan fingerprint density at radius 2 is 2.00 bits per heavy atom. The maximum Gasteiger partial charge on any atom is 0.0733 e. The smallest absolute Gasteiger partial charge is 0.0733 e. The van der Waals surface area contributed by atoms with Crippen molar-refractivity contribution in [3.63, 3.8) is 0 Å². The van der Waals surface area contributed by atoms with Gasteiger partial charge < -0.3 is 0 Å². The van der Waals surface area contributed by atoms with Crippen LogP contribution >= 0.6 is 0 Å². The summed E-state index contributed by atoms with van der Waals surface area (Å²) < 4.78 is 0. The van der Waals surface area contributed by atoms with Gasteiger partial charge in [0.05, 0.1) is 8.80 Å². The van der Waals surface area contributed by atoms with Gasteiger partial charge in [0.1, 0.15) is 0 Å². The second-order valence-corrected chi connectivity index (χ2v) is 6.55. The van der Waals surface area contributed by atoms with E-state index in [0.717, 1.165) is 11.8 Å². The van der Waals surface area contributed by atoms with Gasteiger partial charge in [-0.3, -0.25) is 0 Å². The van der Waals surface area contributed by atoms with E-state index in [9.17, 15) is 0 Å². The molecule has 0 N–H and O–H groups in total. The van der Waals surface area contributed by atoms with Gasteiger partial charge in [-0.05, 0) is 12.3 Å². The Labute approximate surface area is 76.3 Å². The molecule has 0 amide bonds. The van der Waals surface area contributed by atoms with Crippen LogP contribution in [-0.2, 0) is 0 Å². The van der Waals surface area contributed by atoms with E-state index in [1.165, 1.54) is 6.42 Å². The van der Waals surface area contributed by atoms with Gasteiger partial charge in [-0.2, -0.15) is 0 Å². The highest BCUT2D eigenvalue weighted by Crippen LogP contribution is 2.35. The van der Waals surface area contributed by atoms with Crippen LogP contribution in [0.4, 0.5) is 0 Å². The molecule has 2 aliphatic carbocycles. The first-order valence-electron chi connectivity index (χ1n) is 4.63. The van der Waals surface area contributed by atoms with Crippen molar-refractivity contribution in [1.82, 2.24) is 0 Å². The lowest BCUT2D eigenvalue weighted by Crippen LogP contribution is -2.06. The lowest BCUT2D eigenvalue weighted by Gasteiger charge is -2.14. The normalized spacial score (nSPS) is 32.4. The third-order valence-corrected chi connectivity index (χ3v) is 4.44. The molecule has 2 unspecified atom stereocenters. The molecule has 2 atom stereocenters. The molecular formula is C11H15Si. The molecule has 0 fully saturated rings. The van der Waals surface area contributed by atoms with Gasteiger partial charge in [0.15, 0.2) is 0 Å². The Morgan fingerprint density at radius 1 is 1.25 bits per heavy atom. The summed E-state index contributed by atoms with van der Waals surface area (Å²) in [6.07, 6.45) is 12.9. The molecule has 12 heavy (non-hydrogen) atoms. The topological polar surface area (TPSA) is 0 Å². The maximum absolute atomic E-state index is 2.50. The van der Waals surface area contributed by atoms with E-state index in [-0.39, 0.29) is 8.80 Å². The molecular weight excluding hydrogens is 160 g/mol. The van der Waals surface area contributed by atoms with Gasteiger partial charge in [0, 0.05) is 5.92 Å². The monoisotopic (exact) mass is 175 g/mol. The molecule has 0 aliphatic heterocycles. The highest BCUT2D eigenvalue weighted by molar-refractivity contribution is 6.64. The average molecular weight is 175 g/mol. The summed E-state index contributed by atoms with van der Waals surface area (Å²) in [6.45, 7) is 4.78. The molecule has 0 heterocycles. The van der Waals surface area contributed by atoms with Crippen LogP contribution in [0.1, 0.15) is 6.42 Å². The van der Waals surface area contributed by atoms with Gasteiger partial charge in [-0.15, -0.1) is 0 Å².